The Morgan fingerprint density at radius 1 is 1.11 bits per heavy atom. The molecule has 1 aromatic heterocycles. The second-order valence-electron chi connectivity index (χ2n) is 6.92. The van der Waals surface area contributed by atoms with Gasteiger partial charge in [-0.2, -0.15) is 4.98 Å². The number of benzene rings is 1. The van der Waals surface area contributed by atoms with Crippen LogP contribution in [0.15, 0.2) is 30.5 Å². The van der Waals surface area contributed by atoms with Gasteiger partial charge in [-0.3, -0.25) is 4.79 Å². The zero-order valence-corrected chi connectivity index (χ0v) is 15.4. The van der Waals surface area contributed by atoms with Gasteiger partial charge in [0.2, 0.25) is 5.95 Å². The first kappa shape index (κ1) is 19.0. The molecule has 1 fully saturated rings. The van der Waals surface area contributed by atoms with Gasteiger partial charge in [0.05, 0.1) is 5.56 Å². The topological polar surface area (TPSA) is 70.2 Å². The van der Waals surface area contributed by atoms with Gasteiger partial charge < -0.3 is 15.5 Å². The van der Waals surface area contributed by atoms with Crippen LogP contribution in [0.1, 0.15) is 36.0 Å². The van der Waals surface area contributed by atoms with Gasteiger partial charge in [-0.25, -0.2) is 13.8 Å². The largest absolute Gasteiger partial charge is 0.363 e. The van der Waals surface area contributed by atoms with Crippen LogP contribution in [-0.4, -0.2) is 42.1 Å². The number of hydrogen-bond acceptors (Lipinski definition) is 5. The quantitative estimate of drug-likeness (QED) is 0.841. The van der Waals surface area contributed by atoms with E-state index in [2.05, 4.69) is 20.6 Å². The van der Waals surface area contributed by atoms with Crippen LogP contribution in [-0.2, 0) is 0 Å². The van der Waals surface area contributed by atoms with Gasteiger partial charge in [0.15, 0.2) is 0 Å². The molecule has 27 heavy (non-hydrogen) atoms. The summed E-state index contributed by atoms with van der Waals surface area (Å²) >= 11 is 0. The number of nitrogens with one attached hydrogen (secondary N) is 2. The standard InChI is InChI=1S/C19H23F2N5O/c1-26(2)17-9-10-22-19(25-17)24-14-6-4-13(5-7-14)23-18(27)15-8-3-12(20)11-16(15)21/h3,8-11,13-14H,4-7H2,1-2H3,(H,23,27)(H,22,24,25). The van der Waals surface area contributed by atoms with Crippen LogP contribution in [0.3, 0.4) is 0 Å². The molecule has 1 aliphatic rings. The number of anilines is 2. The van der Waals surface area contributed by atoms with Gasteiger partial charge in [0, 0.05) is 38.4 Å². The molecule has 0 atom stereocenters. The van der Waals surface area contributed by atoms with Gasteiger partial charge in [-0.05, 0) is 43.9 Å². The summed E-state index contributed by atoms with van der Waals surface area (Å²) in [6.07, 6.45) is 4.92. The monoisotopic (exact) mass is 375 g/mol. The predicted octanol–water partition coefficient (Wildman–Crippen LogP) is 2.97. The lowest BCUT2D eigenvalue weighted by molar-refractivity contribution is 0.0922. The Kier molecular flexibility index (Phi) is 5.83. The minimum atomic E-state index is -0.847. The van der Waals surface area contributed by atoms with E-state index in [4.69, 9.17) is 0 Å². The fraction of sp³-hybridized carbons (Fsp3) is 0.421. The third kappa shape index (κ3) is 4.90. The fourth-order valence-electron chi connectivity index (χ4n) is 3.17. The molecular formula is C19H23F2N5O. The SMILES string of the molecule is CN(C)c1ccnc(NC2CCC(NC(=O)c3ccc(F)cc3F)CC2)n1. The second-order valence-corrected chi connectivity index (χ2v) is 6.92. The van der Waals surface area contributed by atoms with E-state index in [-0.39, 0.29) is 17.6 Å². The maximum atomic E-state index is 13.7. The Morgan fingerprint density at radius 3 is 2.48 bits per heavy atom. The molecular weight excluding hydrogens is 352 g/mol. The highest BCUT2D eigenvalue weighted by atomic mass is 19.1. The van der Waals surface area contributed by atoms with Crippen LogP contribution in [0, 0.1) is 11.6 Å². The van der Waals surface area contributed by atoms with Gasteiger partial charge in [0.1, 0.15) is 17.5 Å². The maximum Gasteiger partial charge on any atom is 0.254 e. The van der Waals surface area contributed by atoms with Gasteiger partial charge in [-0.15, -0.1) is 0 Å². The second kappa shape index (κ2) is 8.28. The van der Waals surface area contributed by atoms with Crippen LogP contribution >= 0.6 is 0 Å². The molecule has 2 aromatic rings. The molecule has 0 aliphatic heterocycles. The van der Waals surface area contributed by atoms with Crippen molar-refractivity contribution >= 4 is 17.7 Å². The first-order valence-electron chi connectivity index (χ1n) is 8.95. The summed E-state index contributed by atoms with van der Waals surface area (Å²) in [6.45, 7) is 0. The van der Waals surface area contributed by atoms with Crippen molar-refractivity contribution in [3.63, 3.8) is 0 Å². The molecule has 6 nitrogen and oxygen atoms in total. The molecule has 1 heterocycles. The summed E-state index contributed by atoms with van der Waals surface area (Å²) in [6, 6.07) is 5.00. The van der Waals surface area contributed by atoms with Crippen LogP contribution in [0.2, 0.25) is 0 Å². The smallest absolute Gasteiger partial charge is 0.254 e. The van der Waals surface area contributed by atoms with E-state index < -0.39 is 17.5 Å². The van der Waals surface area contributed by atoms with Crippen LogP contribution in [0.4, 0.5) is 20.5 Å². The minimum Gasteiger partial charge on any atom is -0.363 e. The molecule has 0 spiro atoms. The van der Waals surface area contributed by atoms with Gasteiger partial charge >= 0.3 is 0 Å². The van der Waals surface area contributed by atoms with E-state index in [1.165, 1.54) is 6.07 Å². The third-order valence-electron chi connectivity index (χ3n) is 4.67. The Morgan fingerprint density at radius 2 is 1.81 bits per heavy atom. The zero-order valence-electron chi connectivity index (χ0n) is 15.4. The number of aromatic nitrogens is 2. The lowest BCUT2D eigenvalue weighted by Crippen LogP contribution is -2.40. The molecule has 8 heteroatoms. The molecule has 0 bridgehead atoms. The fourth-order valence-corrected chi connectivity index (χ4v) is 3.17. The van der Waals surface area contributed by atoms with E-state index >= 15 is 0 Å². The molecule has 1 saturated carbocycles. The molecule has 0 radical (unpaired) electrons. The van der Waals surface area contributed by atoms with Gasteiger partial charge in [0.25, 0.3) is 5.91 Å². The molecule has 1 amide bonds. The normalized spacial score (nSPS) is 19.4. The number of carbonyl (C=O) groups is 1. The van der Waals surface area contributed by atoms with Crippen molar-refractivity contribution in [2.24, 2.45) is 0 Å². The number of rotatable bonds is 5. The molecule has 0 saturated heterocycles. The first-order chi connectivity index (χ1) is 12.9. The number of amides is 1. The van der Waals surface area contributed by atoms with E-state index in [9.17, 15) is 13.6 Å². The molecule has 0 unspecified atom stereocenters. The van der Waals surface area contributed by atoms with Crippen molar-refractivity contribution in [3.8, 4) is 0 Å². The van der Waals surface area contributed by atoms with Crippen LogP contribution in [0.25, 0.3) is 0 Å². The summed E-state index contributed by atoms with van der Waals surface area (Å²) in [5.74, 6) is -0.639. The van der Waals surface area contributed by atoms with Crippen molar-refractivity contribution < 1.29 is 13.6 Å². The molecule has 1 aromatic carbocycles. The highest BCUT2D eigenvalue weighted by molar-refractivity contribution is 5.94. The summed E-state index contributed by atoms with van der Waals surface area (Å²) in [5.41, 5.74) is -0.134. The lowest BCUT2D eigenvalue weighted by Gasteiger charge is -2.29. The summed E-state index contributed by atoms with van der Waals surface area (Å²) in [5, 5.41) is 6.17. The number of nitrogens with zero attached hydrogens (tertiary/aromatic N) is 3. The van der Waals surface area contributed by atoms with Gasteiger partial charge in [-0.1, -0.05) is 0 Å². The number of hydrogen-bond donors (Lipinski definition) is 2. The molecule has 1 aliphatic carbocycles. The van der Waals surface area contributed by atoms with E-state index in [1.807, 2.05) is 25.1 Å². The average molecular weight is 375 g/mol. The van der Waals surface area contributed by atoms with Crippen LogP contribution in [0.5, 0.6) is 0 Å². The maximum absolute atomic E-state index is 13.7. The van der Waals surface area contributed by atoms with Crippen molar-refractivity contribution in [3.05, 3.63) is 47.7 Å². The number of carbonyl (C=O) groups excluding carboxylic acids is 1. The minimum absolute atomic E-state index is 0.0333. The Bertz CT molecular complexity index is 806. The van der Waals surface area contributed by atoms with E-state index in [0.29, 0.717) is 5.95 Å². The molecule has 144 valence electrons. The molecule has 2 N–H and O–H groups in total. The highest BCUT2D eigenvalue weighted by Crippen LogP contribution is 2.22. The first-order valence-corrected chi connectivity index (χ1v) is 8.95. The predicted molar refractivity (Wildman–Crippen MR) is 99.8 cm³/mol. The van der Waals surface area contributed by atoms with Crippen LogP contribution < -0.4 is 15.5 Å². The summed E-state index contributed by atoms with van der Waals surface area (Å²) in [7, 11) is 3.84. The highest BCUT2D eigenvalue weighted by Gasteiger charge is 2.24. The number of halogens is 2. The van der Waals surface area contributed by atoms with Crippen molar-refractivity contribution in [1.29, 1.82) is 0 Å². The van der Waals surface area contributed by atoms with Crippen molar-refractivity contribution in [2.75, 3.05) is 24.3 Å². The summed E-state index contributed by atoms with van der Waals surface area (Å²) in [4.78, 5) is 22.8. The summed E-state index contributed by atoms with van der Waals surface area (Å²) < 4.78 is 26.7. The third-order valence-corrected chi connectivity index (χ3v) is 4.67. The molecule has 3 rings (SSSR count). The van der Waals surface area contributed by atoms with Crippen molar-refractivity contribution in [2.45, 2.75) is 37.8 Å². The average Bonchev–Trinajstić information content (AvgIpc) is 2.63. The van der Waals surface area contributed by atoms with E-state index in [1.54, 1.807) is 6.20 Å². The Balaban J connectivity index is 1.51. The lowest BCUT2D eigenvalue weighted by atomic mass is 9.91. The van der Waals surface area contributed by atoms with E-state index in [0.717, 1.165) is 43.6 Å². The Hall–Kier alpha value is -2.77. The zero-order chi connectivity index (χ0) is 19.4. The van der Waals surface area contributed by atoms with Crippen molar-refractivity contribution in [1.82, 2.24) is 15.3 Å². The Labute approximate surface area is 157 Å².